The minimum atomic E-state index is -4.42. The van der Waals surface area contributed by atoms with Crippen molar-refractivity contribution in [3.63, 3.8) is 0 Å². The van der Waals surface area contributed by atoms with E-state index in [1.807, 2.05) is 27.7 Å². The van der Waals surface area contributed by atoms with Crippen LogP contribution in [0.2, 0.25) is 0 Å². The van der Waals surface area contributed by atoms with Gasteiger partial charge in [-0.2, -0.15) is 23.1 Å². The average Bonchev–Trinajstić information content (AvgIpc) is 3.17. The minimum absolute atomic E-state index is 0.0358. The van der Waals surface area contributed by atoms with Gasteiger partial charge in [-0.1, -0.05) is 6.07 Å². The molecule has 0 aliphatic rings. The Hall–Kier alpha value is -1.47. The van der Waals surface area contributed by atoms with Crippen LogP contribution in [0.5, 0.6) is 11.8 Å². The largest absolute Gasteiger partial charge is 0.424 e. The van der Waals surface area contributed by atoms with Crippen LogP contribution in [0.15, 0.2) is 32.4 Å². The molecule has 13 heteroatoms. The molecule has 0 bridgehead atoms. The third kappa shape index (κ3) is 7.01. The zero-order valence-electron chi connectivity index (χ0n) is 17.2. The molecule has 31 heavy (non-hydrogen) atoms. The van der Waals surface area contributed by atoms with E-state index >= 15 is 0 Å². The Morgan fingerprint density at radius 1 is 0.903 bits per heavy atom. The summed E-state index contributed by atoms with van der Waals surface area (Å²) in [6.45, 7) is 9.23. The molecule has 0 amide bonds. The molecule has 2 aromatic heterocycles. The van der Waals surface area contributed by atoms with Crippen LogP contribution in [0, 0.1) is 6.92 Å². The molecule has 1 aromatic carbocycles. The zero-order chi connectivity index (χ0) is 23.5. The summed E-state index contributed by atoms with van der Waals surface area (Å²) in [6, 6.07) is 4.23. The number of alkyl halides is 3. The van der Waals surface area contributed by atoms with Gasteiger partial charge >= 0.3 is 12.2 Å². The molecule has 0 spiro atoms. The molecule has 0 atom stereocenters. The van der Waals surface area contributed by atoms with Crippen molar-refractivity contribution < 1.29 is 17.9 Å². The normalized spacial score (nSPS) is 11.6. The molecule has 7 nitrogen and oxygen atoms in total. The van der Waals surface area contributed by atoms with E-state index < -0.39 is 11.7 Å². The summed E-state index contributed by atoms with van der Waals surface area (Å²) in [7, 11) is 0. The number of rotatable bonds is 4. The molecule has 170 valence electrons. The first-order chi connectivity index (χ1) is 14.3. The predicted molar refractivity (Wildman–Crippen MR) is 120 cm³/mol. The van der Waals surface area contributed by atoms with Crippen LogP contribution in [-0.4, -0.2) is 29.5 Å². The first-order valence-corrected chi connectivity index (χ1v) is 11.4. The van der Waals surface area contributed by atoms with Crippen LogP contribution in [0.3, 0.4) is 0 Å². The molecule has 0 saturated carbocycles. The average molecular weight is 633 g/mol. The number of hydrogen-bond donors (Lipinski definition) is 0. The van der Waals surface area contributed by atoms with Crippen molar-refractivity contribution in [3.8, 4) is 11.8 Å². The van der Waals surface area contributed by atoms with Gasteiger partial charge in [0.05, 0.1) is 11.6 Å². The van der Waals surface area contributed by atoms with E-state index in [4.69, 9.17) is 4.74 Å². The predicted octanol–water partition coefficient (Wildman–Crippen LogP) is 7.13. The Balaban J connectivity index is 0.000000285. The highest BCUT2D eigenvalue weighted by Gasteiger charge is 2.33. The summed E-state index contributed by atoms with van der Waals surface area (Å²) in [6.07, 6.45) is -4.42. The molecule has 0 N–H and O–H groups in total. The lowest BCUT2D eigenvalue weighted by molar-refractivity contribution is -0.138. The van der Waals surface area contributed by atoms with Crippen LogP contribution >= 0.6 is 47.8 Å². The molecule has 0 fully saturated rings. The van der Waals surface area contributed by atoms with E-state index in [1.54, 1.807) is 4.68 Å². The number of aromatic nitrogens is 6. The summed E-state index contributed by atoms with van der Waals surface area (Å²) in [4.78, 5) is 8.02. The maximum Gasteiger partial charge on any atom is 0.416 e. The number of halogens is 6. The highest BCUT2D eigenvalue weighted by Crippen LogP contribution is 2.35. The first kappa shape index (κ1) is 25.8. The molecular formula is C18H20Br3F3N6O. The van der Waals surface area contributed by atoms with Crippen LogP contribution in [-0.2, 0) is 6.18 Å². The maximum atomic E-state index is 12.9. The third-order valence-corrected chi connectivity index (χ3v) is 5.05. The van der Waals surface area contributed by atoms with Gasteiger partial charge in [0, 0.05) is 6.04 Å². The molecule has 0 radical (unpaired) electrons. The molecule has 0 unspecified atom stereocenters. The van der Waals surface area contributed by atoms with E-state index in [1.165, 1.54) is 23.7 Å². The first-order valence-electron chi connectivity index (χ1n) is 9.04. The zero-order valence-corrected chi connectivity index (χ0v) is 22.0. The summed E-state index contributed by atoms with van der Waals surface area (Å²) < 4.78 is 49.1. The van der Waals surface area contributed by atoms with Crippen molar-refractivity contribution in [2.75, 3.05) is 0 Å². The number of ether oxygens (including phenoxy) is 1. The summed E-state index contributed by atoms with van der Waals surface area (Å²) in [5, 5.41) is 8.16. The van der Waals surface area contributed by atoms with Gasteiger partial charge in [-0.25, -0.2) is 9.36 Å². The van der Waals surface area contributed by atoms with Gasteiger partial charge in [0.25, 0.3) is 0 Å². The molecule has 3 aromatic rings. The smallest absolute Gasteiger partial charge is 0.416 e. The SMILES string of the molecule is CC(C)n1nc(Br)nc1Br.Cc1ccc(Oc2nc(Br)nn2C(C)C)cc1C(F)(F)F. The second kappa shape index (κ2) is 10.4. The fourth-order valence-corrected chi connectivity index (χ4v) is 3.93. The van der Waals surface area contributed by atoms with Gasteiger partial charge in [-0.3, -0.25) is 0 Å². The lowest BCUT2D eigenvalue weighted by Crippen LogP contribution is -2.08. The van der Waals surface area contributed by atoms with Gasteiger partial charge in [-0.05, 0) is 100 Å². The van der Waals surface area contributed by atoms with Crippen molar-refractivity contribution in [1.29, 1.82) is 0 Å². The van der Waals surface area contributed by atoms with Crippen molar-refractivity contribution in [2.45, 2.75) is 52.9 Å². The Morgan fingerprint density at radius 3 is 1.90 bits per heavy atom. The van der Waals surface area contributed by atoms with E-state index in [0.29, 0.717) is 15.5 Å². The second-order valence-electron chi connectivity index (χ2n) is 6.97. The Bertz CT molecular complexity index is 1030. The van der Waals surface area contributed by atoms with Crippen LogP contribution in [0.4, 0.5) is 13.2 Å². The standard InChI is InChI=1S/C13H13BrF3N3O.C5H7Br2N3/c1-7(2)20-12(18-11(14)19-20)21-9-5-4-8(3)10(6-9)13(15,16)17;1-3(2)10-5(7)8-4(6)9-10/h4-7H,1-3H3;3H,1-2H3. The van der Waals surface area contributed by atoms with E-state index in [2.05, 4.69) is 68.0 Å². The van der Waals surface area contributed by atoms with Crippen molar-refractivity contribution in [1.82, 2.24) is 29.5 Å². The van der Waals surface area contributed by atoms with Gasteiger partial charge in [-0.15, -0.1) is 10.2 Å². The van der Waals surface area contributed by atoms with Gasteiger partial charge in [0.2, 0.25) is 9.47 Å². The van der Waals surface area contributed by atoms with Crippen LogP contribution in [0.1, 0.15) is 50.9 Å². The minimum Gasteiger partial charge on any atom is -0.424 e. The van der Waals surface area contributed by atoms with Gasteiger partial charge in [0.15, 0.2) is 4.73 Å². The highest BCUT2D eigenvalue weighted by atomic mass is 79.9. The Morgan fingerprint density at radius 2 is 1.45 bits per heavy atom. The number of benzene rings is 1. The lowest BCUT2D eigenvalue weighted by Gasteiger charge is -2.13. The molecule has 0 aliphatic carbocycles. The fourth-order valence-electron chi connectivity index (χ4n) is 2.37. The van der Waals surface area contributed by atoms with E-state index in [0.717, 1.165) is 10.8 Å². The summed E-state index contributed by atoms with van der Waals surface area (Å²) in [5.41, 5.74) is -0.587. The van der Waals surface area contributed by atoms with Gasteiger partial charge in [0.1, 0.15) is 5.75 Å². The Kier molecular flexibility index (Phi) is 8.68. The molecule has 0 saturated heterocycles. The summed E-state index contributed by atoms with van der Waals surface area (Å²) in [5.74, 6) is 0.0646. The van der Waals surface area contributed by atoms with Crippen molar-refractivity contribution in [2.24, 2.45) is 0 Å². The number of nitrogens with zero attached hydrogens (tertiary/aromatic N) is 6. The molecule has 3 rings (SSSR count). The number of hydrogen-bond acceptors (Lipinski definition) is 5. The Labute approximate surface area is 202 Å². The van der Waals surface area contributed by atoms with Crippen molar-refractivity contribution >= 4 is 47.8 Å². The van der Waals surface area contributed by atoms with Crippen molar-refractivity contribution in [3.05, 3.63) is 43.5 Å². The van der Waals surface area contributed by atoms with Crippen LogP contribution < -0.4 is 4.74 Å². The quantitative estimate of drug-likeness (QED) is 0.306. The third-order valence-electron chi connectivity index (χ3n) is 3.84. The highest BCUT2D eigenvalue weighted by molar-refractivity contribution is 9.11. The van der Waals surface area contributed by atoms with E-state index in [9.17, 15) is 13.2 Å². The topological polar surface area (TPSA) is 70.7 Å². The molecular weight excluding hydrogens is 613 g/mol. The molecule has 2 heterocycles. The monoisotopic (exact) mass is 630 g/mol. The van der Waals surface area contributed by atoms with Gasteiger partial charge < -0.3 is 4.74 Å². The summed E-state index contributed by atoms with van der Waals surface area (Å²) >= 11 is 9.57. The molecule has 0 aliphatic heterocycles. The number of aryl methyl sites for hydroxylation is 1. The fraction of sp³-hybridized carbons (Fsp3) is 0.444. The maximum absolute atomic E-state index is 12.9. The lowest BCUT2D eigenvalue weighted by atomic mass is 10.1. The second-order valence-corrected chi connectivity index (χ2v) is 9.09. The van der Waals surface area contributed by atoms with Crippen LogP contribution in [0.25, 0.3) is 0 Å². The van der Waals surface area contributed by atoms with E-state index in [-0.39, 0.29) is 23.4 Å².